The fourth-order valence-corrected chi connectivity index (χ4v) is 3.14. The second kappa shape index (κ2) is 8.12. The number of nitrogens with zero attached hydrogens (tertiary/aromatic N) is 4. The molecule has 0 spiro atoms. The molecular weight excluding hydrogens is 340 g/mol. The largest absolute Gasteiger partial charge is 0.478 e. The Bertz CT molecular complexity index is 932. The van der Waals surface area contributed by atoms with Crippen molar-refractivity contribution in [1.82, 2.24) is 19.7 Å². The van der Waals surface area contributed by atoms with Gasteiger partial charge in [0, 0.05) is 18.2 Å². The van der Waals surface area contributed by atoms with Crippen LogP contribution in [0.1, 0.15) is 60.3 Å². The van der Waals surface area contributed by atoms with E-state index in [1.807, 2.05) is 29.8 Å². The van der Waals surface area contributed by atoms with E-state index >= 15 is 0 Å². The maximum absolute atomic E-state index is 11.4. The lowest BCUT2D eigenvalue weighted by Gasteiger charge is -2.15. The van der Waals surface area contributed by atoms with E-state index in [1.54, 1.807) is 24.4 Å². The van der Waals surface area contributed by atoms with Gasteiger partial charge in [0.1, 0.15) is 11.6 Å². The Kier molecular flexibility index (Phi) is 5.64. The summed E-state index contributed by atoms with van der Waals surface area (Å²) in [4.78, 5) is 20.5. The van der Waals surface area contributed by atoms with Gasteiger partial charge in [-0.1, -0.05) is 37.6 Å². The Morgan fingerprint density at radius 2 is 2.00 bits per heavy atom. The number of pyridine rings is 1. The van der Waals surface area contributed by atoms with E-state index in [0.29, 0.717) is 11.3 Å². The second-order valence-corrected chi connectivity index (χ2v) is 6.63. The van der Waals surface area contributed by atoms with Crippen LogP contribution in [-0.2, 0) is 6.42 Å². The molecule has 0 aliphatic carbocycles. The molecule has 0 saturated heterocycles. The Hall–Kier alpha value is -3.02. The van der Waals surface area contributed by atoms with Crippen LogP contribution in [0.15, 0.2) is 42.6 Å². The average molecular weight is 364 g/mol. The third-order valence-corrected chi connectivity index (χ3v) is 4.63. The summed E-state index contributed by atoms with van der Waals surface area (Å²) in [5, 5.41) is 13.9. The van der Waals surface area contributed by atoms with E-state index in [9.17, 15) is 9.90 Å². The quantitative estimate of drug-likeness (QED) is 0.676. The highest BCUT2D eigenvalue weighted by molar-refractivity contribution is 5.95. The van der Waals surface area contributed by atoms with Crippen molar-refractivity contribution in [3.05, 3.63) is 65.4 Å². The minimum absolute atomic E-state index is 0.00863. The van der Waals surface area contributed by atoms with Crippen LogP contribution in [0.5, 0.6) is 0 Å². The van der Waals surface area contributed by atoms with Gasteiger partial charge in [0.2, 0.25) is 0 Å². The Labute approximate surface area is 158 Å². The van der Waals surface area contributed by atoms with E-state index in [4.69, 9.17) is 0 Å². The van der Waals surface area contributed by atoms with Crippen LogP contribution in [0.25, 0.3) is 11.3 Å². The fraction of sp³-hybridized carbons (Fsp3) is 0.333. The van der Waals surface area contributed by atoms with Gasteiger partial charge < -0.3 is 5.11 Å². The number of unbranched alkanes of at least 4 members (excludes halogenated alkanes) is 1. The third-order valence-electron chi connectivity index (χ3n) is 4.63. The number of rotatable bonds is 7. The first-order valence-corrected chi connectivity index (χ1v) is 9.22. The van der Waals surface area contributed by atoms with E-state index in [-0.39, 0.29) is 11.6 Å². The van der Waals surface area contributed by atoms with Crippen molar-refractivity contribution in [2.45, 2.75) is 46.1 Å². The van der Waals surface area contributed by atoms with Crippen molar-refractivity contribution in [2.75, 3.05) is 0 Å². The summed E-state index contributed by atoms with van der Waals surface area (Å²) in [5.41, 5.74) is 2.52. The zero-order chi connectivity index (χ0) is 19.4. The highest BCUT2D eigenvalue weighted by Gasteiger charge is 2.17. The van der Waals surface area contributed by atoms with Crippen LogP contribution < -0.4 is 0 Å². The predicted octanol–water partition coefficient (Wildman–Crippen LogP) is 4.30. The smallest absolute Gasteiger partial charge is 0.336 e. The summed E-state index contributed by atoms with van der Waals surface area (Å²) in [6.45, 7) is 6.14. The van der Waals surface area contributed by atoms with Crippen LogP contribution in [0.2, 0.25) is 0 Å². The minimum atomic E-state index is -0.955. The molecule has 1 unspecified atom stereocenters. The highest BCUT2D eigenvalue weighted by atomic mass is 16.4. The molecule has 2 aromatic heterocycles. The lowest BCUT2D eigenvalue weighted by molar-refractivity contribution is 0.0697. The van der Waals surface area contributed by atoms with Crippen LogP contribution in [-0.4, -0.2) is 30.8 Å². The monoisotopic (exact) mass is 364 g/mol. The van der Waals surface area contributed by atoms with Gasteiger partial charge in [0.25, 0.3) is 0 Å². The summed E-state index contributed by atoms with van der Waals surface area (Å²) in [6.07, 6.45) is 4.88. The second-order valence-electron chi connectivity index (χ2n) is 6.63. The van der Waals surface area contributed by atoms with Crippen molar-refractivity contribution < 1.29 is 9.90 Å². The lowest BCUT2D eigenvalue weighted by Crippen LogP contribution is -2.13. The number of aromatic carboxylic acids is 1. The standard InChI is InChI=1S/C21H24N4O2/c1-4-5-10-20-23-15(3)24-25(20)14(2)16-11-12-19(22-13-16)17-8-6-7-9-18(17)21(26)27/h6-9,11-14H,4-5,10H2,1-3H3,(H,26,27). The molecule has 3 rings (SSSR count). The number of aromatic nitrogens is 4. The number of hydrogen-bond donors (Lipinski definition) is 1. The number of benzene rings is 1. The molecular formula is C21H24N4O2. The maximum atomic E-state index is 11.4. The van der Waals surface area contributed by atoms with Gasteiger partial charge in [-0.25, -0.2) is 14.5 Å². The number of carboxylic acids is 1. The zero-order valence-electron chi connectivity index (χ0n) is 15.9. The van der Waals surface area contributed by atoms with E-state index < -0.39 is 5.97 Å². The van der Waals surface area contributed by atoms with E-state index in [0.717, 1.165) is 36.5 Å². The molecule has 0 aliphatic rings. The van der Waals surface area contributed by atoms with Crippen molar-refractivity contribution >= 4 is 5.97 Å². The molecule has 1 aromatic carbocycles. The summed E-state index contributed by atoms with van der Waals surface area (Å²) in [6, 6.07) is 10.8. The summed E-state index contributed by atoms with van der Waals surface area (Å²) >= 11 is 0. The van der Waals surface area contributed by atoms with Crippen LogP contribution in [0.4, 0.5) is 0 Å². The molecule has 140 valence electrons. The molecule has 0 bridgehead atoms. The predicted molar refractivity (Wildman–Crippen MR) is 104 cm³/mol. The van der Waals surface area contributed by atoms with E-state index in [1.165, 1.54) is 0 Å². The minimum Gasteiger partial charge on any atom is -0.478 e. The molecule has 0 amide bonds. The van der Waals surface area contributed by atoms with Gasteiger partial charge in [-0.2, -0.15) is 5.10 Å². The molecule has 3 aromatic rings. The number of carbonyl (C=O) groups is 1. The molecule has 1 atom stereocenters. The van der Waals surface area contributed by atoms with Crippen molar-refractivity contribution in [3.8, 4) is 11.3 Å². The molecule has 27 heavy (non-hydrogen) atoms. The van der Waals surface area contributed by atoms with Crippen molar-refractivity contribution in [1.29, 1.82) is 0 Å². The van der Waals surface area contributed by atoms with Gasteiger partial charge in [0.05, 0.1) is 17.3 Å². The molecule has 0 radical (unpaired) electrons. The Morgan fingerprint density at radius 1 is 1.22 bits per heavy atom. The summed E-state index contributed by atoms with van der Waals surface area (Å²) in [7, 11) is 0. The van der Waals surface area contributed by atoms with Gasteiger partial charge >= 0.3 is 5.97 Å². The molecule has 0 aliphatic heterocycles. The van der Waals surface area contributed by atoms with Crippen molar-refractivity contribution in [3.63, 3.8) is 0 Å². The molecule has 6 nitrogen and oxygen atoms in total. The molecule has 2 heterocycles. The number of hydrogen-bond acceptors (Lipinski definition) is 4. The van der Waals surface area contributed by atoms with Gasteiger partial charge in [0.15, 0.2) is 0 Å². The van der Waals surface area contributed by atoms with Gasteiger partial charge in [-0.15, -0.1) is 0 Å². The number of aryl methyl sites for hydroxylation is 2. The third kappa shape index (κ3) is 4.05. The summed E-state index contributed by atoms with van der Waals surface area (Å²) < 4.78 is 1.97. The molecule has 0 saturated carbocycles. The highest BCUT2D eigenvalue weighted by Crippen LogP contribution is 2.25. The maximum Gasteiger partial charge on any atom is 0.336 e. The first-order chi connectivity index (χ1) is 13.0. The SMILES string of the molecule is CCCCc1nc(C)nn1C(C)c1ccc(-c2ccccc2C(=O)O)nc1. The zero-order valence-corrected chi connectivity index (χ0v) is 15.9. The lowest BCUT2D eigenvalue weighted by atomic mass is 10.0. The summed E-state index contributed by atoms with van der Waals surface area (Å²) in [5.74, 6) is 0.804. The molecule has 0 fully saturated rings. The van der Waals surface area contributed by atoms with Crippen molar-refractivity contribution in [2.24, 2.45) is 0 Å². The molecule has 6 heteroatoms. The normalized spacial score (nSPS) is 12.1. The first kappa shape index (κ1) is 18.8. The number of carboxylic acid groups (broad SMARTS) is 1. The van der Waals surface area contributed by atoms with Crippen LogP contribution >= 0.6 is 0 Å². The van der Waals surface area contributed by atoms with Crippen LogP contribution in [0, 0.1) is 6.92 Å². The Morgan fingerprint density at radius 3 is 2.67 bits per heavy atom. The molecule has 1 N–H and O–H groups in total. The first-order valence-electron chi connectivity index (χ1n) is 9.22. The van der Waals surface area contributed by atoms with Crippen LogP contribution in [0.3, 0.4) is 0 Å². The van der Waals surface area contributed by atoms with Gasteiger partial charge in [-0.3, -0.25) is 4.98 Å². The van der Waals surface area contributed by atoms with Gasteiger partial charge in [-0.05, 0) is 38.0 Å². The average Bonchev–Trinajstić information content (AvgIpc) is 3.06. The topological polar surface area (TPSA) is 80.9 Å². The Balaban J connectivity index is 1.89. The fourth-order valence-electron chi connectivity index (χ4n) is 3.14. The van der Waals surface area contributed by atoms with E-state index in [2.05, 4.69) is 28.9 Å².